The van der Waals surface area contributed by atoms with Crippen molar-refractivity contribution < 1.29 is 14.7 Å². The molecule has 20 heavy (non-hydrogen) atoms. The zero-order valence-corrected chi connectivity index (χ0v) is 12.4. The van der Waals surface area contributed by atoms with Gasteiger partial charge in [0.15, 0.2) is 0 Å². The summed E-state index contributed by atoms with van der Waals surface area (Å²) in [6.07, 6.45) is 6.94. The van der Waals surface area contributed by atoms with E-state index in [0.29, 0.717) is 32.5 Å². The monoisotopic (exact) mass is 282 g/mol. The molecule has 114 valence electrons. The molecule has 1 atom stereocenters. The third-order valence-electron chi connectivity index (χ3n) is 4.76. The maximum absolute atomic E-state index is 12.1. The summed E-state index contributed by atoms with van der Waals surface area (Å²) in [6.45, 7) is 3.61. The Balaban J connectivity index is 1.77. The van der Waals surface area contributed by atoms with Crippen molar-refractivity contribution in [1.82, 2.24) is 10.2 Å². The van der Waals surface area contributed by atoms with E-state index >= 15 is 0 Å². The lowest BCUT2D eigenvalue weighted by atomic mass is 9.78. The highest BCUT2D eigenvalue weighted by Crippen LogP contribution is 2.34. The smallest absolute Gasteiger partial charge is 0.317 e. The molecule has 1 unspecified atom stereocenters. The zero-order valence-electron chi connectivity index (χ0n) is 12.4. The van der Waals surface area contributed by atoms with Gasteiger partial charge in [-0.25, -0.2) is 4.79 Å². The van der Waals surface area contributed by atoms with Crippen LogP contribution < -0.4 is 5.32 Å². The number of piperidine rings is 1. The number of urea groups is 1. The van der Waals surface area contributed by atoms with Crippen molar-refractivity contribution >= 4 is 12.0 Å². The normalized spacial score (nSPS) is 26.4. The molecular weight excluding hydrogens is 256 g/mol. The molecule has 0 aromatic rings. The molecule has 2 aliphatic rings. The van der Waals surface area contributed by atoms with Crippen LogP contribution in [0, 0.1) is 11.3 Å². The van der Waals surface area contributed by atoms with Crippen molar-refractivity contribution in [2.45, 2.75) is 51.9 Å². The third kappa shape index (κ3) is 3.64. The largest absolute Gasteiger partial charge is 0.481 e. The minimum Gasteiger partial charge on any atom is -0.481 e. The molecule has 0 spiro atoms. The first-order valence-corrected chi connectivity index (χ1v) is 7.83. The zero-order chi connectivity index (χ0) is 14.6. The summed E-state index contributed by atoms with van der Waals surface area (Å²) in [5, 5.41) is 12.3. The van der Waals surface area contributed by atoms with Crippen LogP contribution in [0.25, 0.3) is 0 Å². The van der Waals surface area contributed by atoms with E-state index in [4.69, 9.17) is 0 Å². The van der Waals surface area contributed by atoms with Crippen LogP contribution in [0.1, 0.15) is 51.9 Å². The summed E-state index contributed by atoms with van der Waals surface area (Å²) in [5.74, 6) is 0.118. The topological polar surface area (TPSA) is 69.6 Å². The summed E-state index contributed by atoms with van der Waals surface area (Å²) in [4.78, 5) is 25.2. The molecule has 2 N–H and O–H groups in total. The van der Waals surface area contributed by atoms with E-state index in [1.54, 1.807) is 4.90 Å². The molecule has 1 aliphatic heterocycles. The first-order valence-electron chi connectivity index (χ1n) is 7.83. The van der Waals surface area contributed by atoms with Crippen molar-refractivity contribution in [3.63, 3.8) is 0 Å². The fourth-order valence-corrected chi connectivity index (χ4v) is 3.02. The van der Waals surface area contributed by atoms with E-state index in [0.717, 1.165) is 18.8 Å². The second-order valence-electron chi connectivity index (χ2n) is 6.28. The molecule has 1 heterocycles. The predicted molar refractivity (Wildman–Crippen MR) is 76.5 cm³/mol. The lowest BCUT2D eigenvalue weighted by molar-refractivity contribution is -0.152. The maximum atomic E-state index is 12.1. The second kappa shape index (κ2) is 6.46. The van der Waals surface area contributed by atoms with E-state index in [9.17, 15) is 14.7 Å². The first kappa shape index (κ1) is 15.1. The summed E-state index contributed by atoms with van der Waals surface area (Å²) in [5.41, 5.74) is -0.746. The molecule has 1 aliphatic carbocycles. The Morgan fingerprint density at radius 2 is 2.15 bits per heavy atom. The van der Waals surface area contributed by atoms with E-state index in [1.165, 1.54) is 19.3 Å². The van der Waals surface area contributed by atoms with Gasteiger partial charge >= 0.3 is 12.0 Å². The quantitative estimate of drug-likeness (QED) is 0.735. The van der Waals surface area contributed by atoms with Crippen molar-refractivity contribution in [3.05, 3.63) is 0 Å². The van der Waals surface area contributed by atoms with Gasteiger partial charge in [0.2, 0.25) is 0 Å². The number of amides is 2. The van der Waals surface area contributed by atoms with Crippen LogP contribution in [0.15, 0.2) is 0 Å². The minimum absolute atomic E-state index is 0.0976. The number of carboxylic acids is 1. The Kier molecular flexibility index (Phi) is 4.89. The van der Waals surface area contributed by atoms with Crippen LogP contribution in [-0.2, 0) is 4.79 Å². The van der Waals surface area contributed by atoms with Crippen molar-refractivity contribution in [3.8, 4) is 0 Å². The van der Waals surface area contributed by atoms with Gasteiger partial charge in [-0.15, -0.1) is 0 Å². The summed E-state index contributed by atoms with van der Waals surface area (Å²) >= 11 is 0. The molecule has 2 fully saturated rings. The van der Waals surface area contributed by atoms with Gasteiger partial charge in [0.1, 0.15) is 0 Å². The second-order valence-corrected chi connectivity index (χ2v) is 6.28. The molecule has 0 aromatic carbocycles. The number of nitrogens with one attached hydrogen (secondary N) is 1. The van der Waals surface area contributed by atoms with Gasteiger partial charge < -0.3 is 15.3 Å². The Labute approximate surface area is 120 Å². The third-order valence-corrected chi connectivity index (χ3v) is 4.76. The number of hydrogen-bond donors (Lipinski definition) is 2. The SMILES string of the molecule is CCC1(C(=O)O)CCCN(C(=O)NCCCC2CC2)C1. The number of hydrogen-bond acceptors (Lipinski definition) is 2. The van der Waals surface area contributed by atoms with Crippen LogP contribution in [0.4, 0.5) is 4.79 Å². The Bertz CT molecular complexity index is 368. The number of nitrogens with zero attached hydrogens (tertiary/aromatic N) is 1. The molecule has 1 saturated carbocycles. The lowest BCUT2D eigenvalue weighted by Gasteiger charge is -2.39. The van der Waals surface area contributed by atoms with Crippen LogP contribution in [0.2, 0.25) is 0 Å². The van der Waals surface area contributed by atoms with Gasteiger partial charge in [-0.05, 0) is 38.0 Å². The minimum atomic E-state index is -0.772. The lowest BCUT2D eigenvalue weighted by Crippen LogP contribution is -2.52. The predicted octanol–water partition coefficient (Wildman–Crippen LogP) is 2.46. The fourth-order valence-electron chi connectivity index (χ4n) is 3.02. The van der Waals surface area contributed by atoms with Crippen LogP contribution in [0.5, 0.6) is 0 Å². The highest BCUT2D eigenvalue weighted by atomic mass is 16.4. The van der Waals surface area contributed by atoms with E-state index < -0.39 is 11.4 Å². The fraction of sp³-hybridized carbons (Fsp3) is 0.867. The molecule has 1 saturated heterocycles. The van der Waals surface area contributed by atoms with E-state index in [-0.39, 0.29) is 6.03 Å². The van der Waals surface area contributed by atoms with Gasteiger partial charge in [0, 0.05) is 19.6 Å². The molecule has 5 heteroatoms. The Morgan fingerprint density at radius 1 is 1.40 bits per heavy atom. The number of rotatable bonds is 6. The Hall–Kier alpha value is -1.26. The molecular formula is C15H26N2O3. The molecule has 5 nitrogen and oxygen atoms in total. The van der Waals surface area contributed by atoms with Crippen molar-refractivity contribution in [2.24, 2.45) is 11.3 Å². The molecule has 0 radical (unpaired) electrons. The van der Waals surface area contributed by atoms with Gasteiger partial charge in [-0.1, -0.05) is 19.8 Å². The highest BCUT2D eigenvalue weighted by molar-refractivity contribution is 5.78. The summed E-state index contributed by atoms with van der Waals surface area (Å²) in [7, 11) is 0. The number of carbonyl (C=O) groups excluding carboxylic acids is 1. The average molecular weight is 282 g/mol. The molecule has 2 rings (SSSR count). The number of carboxylic acid groups (broad SMARTS) is 1. The van der Waals surface area contributed by atoms with Crippen LogP contribution >= 0.6 is 0 Å². The van der Waals surface area contributed by atoms with Crippen molar-refractivity contribution in [2.75, 3.05) is 19.6 Å². The van der Waals surface area contributed by atoms with Crippen LogP contribution in [-0.4, -0.2) is 41.6 Å². The Morgan fingerprint density at radius 3 is 2.75 bits per heavy atom. The van der Waals surface area contributed by atoms with E-state index in [1.807, 2.05) is 6.92 Å². The number of carbonyl (C=O) groups is 2. The molecule has 0 bridgehead atoms. The first-order chi connectivity index (χ1) is 9.57. The van der Waals surface area contributed by atoms with Crippen LogP contribution in [0.3, 0.4) is 0 Å². The van der Waals surface area contributed by atoms with E-state index in [2.05, 4.69) is 5.32 Å². The highest BCUT2D eigenvalue weighted by Gasteiger charge is 2.42. The standard InChI is InChI=1S/C15H26N2O3/c1-2-15(13(18)19)8-4-10-17(11-15)14(20)16-9-3-5-12-6-7-12/h12H,2-11H2,1H3,(H,16,20)(H,18,19). The molecule has 2 amide bonds. The molecule has 0 aromatic heterocycles. The number of aliphatic carboxylic acids is 1. The van der Waals surface area contributed by atoms with Gasteiger partial charge in [0.25, 0.3) is 0 Å². The van der Waals surface area contributed by atoms with Crippen molar-refractivity contribution in [1.29, 1.82) is 0 Å². The van der Waals surface area contributed by atoms with Gasteiger partial charge in [-0.2, -0.15) is 0 Å². The maximum Gasteiger partial charge on any atom is 0.317 e. The van der Waals surface area contributed by atoms with Gasteiger partial charge in [-0.3, -0.25) is 4.79 Å². The summed E-state index contributed by atoms with van der Waals surface area (Å²) < 4.78 is 0. The number of likely N-dealkylation sites (tertiary alicyclic amines) is 1. The average Bonchev–Trinajstić information content (AvgIpc) is 3.27. The summed E-state index contributed by atoms with van der Waals surface area (Å²) in [6, 6.07) is -0.0976. The van der Waals surface area contributed by atoms with Gasteiger partial charge in [0.05, 0.1) is 5.41 Å².